The van der Waals surface area contributed by atoms with Crippen LogP contribution in [0.5, 0.6) is 5.75 Å². The normalized spacial score (nSPS) is 26.2. The van der Waals surface area contributed by atoms with Gasteiger partial charge in [-0.15, -0.1) is 11.3 Å². The van der Waals surface area contributed by atoms with Gasteiger partial charge in [-0.25, -0.2) is 4.98 Å². The molecule has 1 aromatic heterocycles. The van der Waals surface area contributed by atoms with Crippen molar-refractivity contribution >= 4 is 17.2 Å². The fraction of sp³-hybridized carbons (Fsp3) is 0.412. The van der Waals surface area contributed by atoms with Crippen molar-refractivity contribution in [3.63, 3.8) is 0 Å². The first kappa shape index (κ1) is 14.7. The molecule has 3 aliphatic rings. The largest absolute Gasteiger partial charge is 0.508 e. The smallest absolute Gasteiger partial charge is 0.263 e. The van der Waals surface area contributed by atoms with E-state index in [-0.39, 0.29) is 17.7 Å². The van der Waals surface area contributed by atoms with Crippen molar-refractivity contribution in [2.24, 2.45) is 5.92 Å². The lowest BCUT2D eigenvalue weighted by molar-refractivity contribution is 0.0622. The van der Waals surface area contributed by atoms with Crippen LogP contribution in [0.3, 0.4) is 0 Å². The second-order valence-corrected chi connectivity index (χ2v) is 7.33. The van der Waals surface area contributed by atoms with Crippen molar-refractivity contribution in [3.8, 4) is 16.3 Å². The Morgan fingerprint density at radius 2 is 2.17 bits per heavy atom. The molecular weight excluding hydrogens is 310 g/mol. The Labute approximate surface area is 139 Å². The average molecular weight is 329 g/mol. The van der Waals surface area contributed by atoms with Gasteiger partial charge in [-0.2, -0.15) is 0 Å². The van der Waals surface area contributed by atoms with Crippen molar-refractivity contribution in [2.75, 3.05) is 19.6 Å². The number of nitrogens with zero attached hydrogens (tertiary/aromatic N) is 2. The van der Waals surface area contributed by atoms with Gasteiger partial charge in [0.1, 0.15) is 15.6 Å². The van der Waals surface area contributed by atoms with Crippen LogP contribution in [0.25, 0.3) is 10.6 Å². The molecule has 6 heteroatoms. The van der Waals surface area contributed by atoms with E-state index in [9.17, 15) is 9.90 Å². The summed E-state index contributed by atoms with van der Waals surface area (Å²) in [5, 5.41) is 13.5. The number of fused-ring (bicyclic) bond motifs is 3. The molecule has 4 heterocycles. The van der Waals surface area contributed by atoms with Crippen LogP contribution < -0.4 is 5.32 Å². The van der Waals surface area contributed by atoms with E-state index in [0.717, 1.165) is 17.1 Å². The van der Waals surface area contributed by atoms with Gasteiger partial charge >= 0.3 is 0 Å². The van der Waals surface area contributed by atoms with Crippen LogP contribution in [0.2, 0.25) is 0 Å². The summed E-state index contributed by atoms with van der Waals surface area (Å²) in [5.74, 6) is 0.783. The first-order chi connectivity index (χ1) is 11.2. The molecule has 3 fully saturated rings. The fourth-order valence-corrected chi connectivity index (χ4v) is 4.34. The Bertz CT molecular complexity index is 722. The molecule has 1 atom stereocenters. The molecule has 23 heavy (non-hydrogen) atoms. The molecule has 3 aliphatic heterocycles. The van der Waals surface area contributed by atoms with Gasteiger partial charge in [0.2, 0.25) is 0 Å². The topological polar surface area (TPSA) is 65.5 Å². The number of aromatic hydroxyl groups is 1. The van der Waals surface area contributed by atoms with E-state index in [1.54, 1.807) is 24.4 Å². The number of thiazole rings is 1. The molecule has 5 nitrogen and oxygen atoms in total. The zero-order valence-electron chi connectivity index (χ0n) is 12.7. The Morgan fingerprint density at radius 1 is 1.35 bits per heavy atom. The van der Waals surface area contributed by atoms with Crippen LogP contribution in [0, 0.1) is 5.92 Å². The number of piperidine rings is 3. The van der Waals surface area contributed by atoms with Crippen LogP contribution in [0.1, 0.15) is 22.5 Å². The molecule has 1 amide bonds. The number of nitrogens with one attached hydrogen (secondary N) is 1. The zero-order valence-corrected chi connectivity index (χ0v) is 13.6. The minimum atomic E-state index is -0.0346. The fourth-order valence-electron chi connectivity index (χ4n) is 3.52. The molecule has 0 radical (unpaired) electrons. The van der Waals surface area contributed by atoms with Crippen LogP contribution >= 0.6 is 11.3 Å². The molecule has 0 aliphatic carbocycles. The maximum Gasteiger partial charge on any atom is 0.263 e. The lowest BCUT2D eigenvalue weighted by Crippen LogP contribution is -2.57. The number of hydrogen-bond acceptors (Lipinski definition) is 5. The maximum absolute atomic E-state index is 12.5. The van der Waals surface area contributed by atoms with Gasteiger partial charge in [0, 0.05) is 18.2 Å². The van der Waals surface area contributed by atoms with Crippen LogP contribution in [0.4, 0.5) is 0 Å². The molecule has 1 aromatic carbocycles. The Kier molecular flexibility index (Phi) is 3.79. The van der Waals surface area contributed by atoms with Gasteiger partial charge < -0.3 is 15.3 Å². The van der Waals surface area contributed by atoms with Gasteiger partial charge in [0.25, 0.3) is 5.91 Å². The molecule has 3 saturated heterocycles. The summed E-state index contributed by atoms with van der Waals surface area (Å²) in [6, 6.07) is 7.20. The number of hydrogen-bond donors (Lipinski definition) is 2. The maximum atomic E-state index is 12.5. The lowest BCUT2D eigenvalue weighted by Gasteiger charge is -2.44. The number of benzene rings is 1. The van der Waals surface area contributed by atoms with Crippen molar-refractivity contribution in [1.29, 1.82) is 0 Å². The molecule has 5 rings (SSSR count). The van der Waals surface area contributed by atoms with E-state index in [1.807, 2.05) is 6.07 Å². The summed E-state index contributed by atoms with van der Waals surface area (Å²) >= 11 is 1.36. The number of aromatic nitrogens is 1. The SMILES string of the molecule is O=C(N[C@H]1CN2CCC1CC2)c1cnc(-c2cccc(O)c2)s1. The number of phenols is 1. The second-order valence-electron chi connectivity index (χ2n) is 6.30. The summed E-state index contributed by atoms with van der Waals surface area (Å²) in [4.78, 5) is 19.9. The van der Waals surface area contributed by atoms with Crippen molar-refractivity contribution in [1.82, 2.24) is 15.2 Å². The summed E-state index contributed by atoms with van der Waals surface area (Å²) in [7, 11) is 0. The second kappa shape index (κ2) is 5.94. The number of phenolic OH excluding ortho intramolecular Hbond substituents is 1. The zero-order chi connectivity index (χ0) is 15.8. The summed E-state index contributed by atoms with van der Waals surface area (Å²) < 4.78 is 0. The highest BCUT2D eigenvalue weighted by atomic mass is 32.1. The third-order valence-electron chi connectivity index (χ3n) is 4.80. The predicted octanol–water partition coefficient (Wildman–Crippen LogP) is 2.34. The third kappa shape index (κ3) is 2.96. The Balaban J connectivity index is 1.47. The summed E-state index contributed by atoms with van der Waals surface area (Å²) in [6.45, 7) is 3.30. The van der Waals surface area contributed by atoms with E-state index in [4.69, 9.17) is 0 Å². The van der Waals surface area contributed by atoms with Crippen molar-refractivity contribution in [3.05, 3.63) is 35.3 Å². The van der Waals surface area contributed by atoms with Crippen LogP contribution in [-0.4, -0.2) is 46.6 Å². The molecule has 0 spiro atoms. The summed E-state index contributed by atoms with van der Waals surface area (Å²) in [6.07, 6.45) is 3.99. The third-order valence-corrected chi connectivity index (χ3v) is 5.84. The molecule has 2 bridgehead atoms. The van der Waals surface area contributed by atoms with Gasteiger partial charge in [-0.05, 0) is 44.0 Å². The highest BCUT2D eigenvalue weighted by Gasteiger charge is 2.35. The van der Waals surface area contributed by atoms with E-state index >= 15 is 0 Å². The summed E-state index contributed by atoms with van der Waals surface area (Å²) in [5.41, 5.74) is 0.830. The van der Waals surface area contributed by atoms with Gasteiger partial charge in [-0.1, -0.05) is 12.1 Å². The van der Waals surface area contributed by atoms with Gasteiger partial charge in [-0.3, -0.25) is 4.79 Å². The van der Waals surface area contributed by atoms with E-state index in [1.165, 1.54) is 37.3 Å². The van der Waals surface area contributed by atoms with Gasteiger partial charge in [0.15, 0.2) is 0 Å². The van der Waals surface area contributed by atoms with Crippen molar-refractivity contribution < 1.29 is 9.90 Å². The number of carbonyl (C=O) groups excluding carboxylic acids is 1. The Hall–Kier alpha value is -1.92. The number of amides is 1. The first-order valence-electron chi connectivity index (χ1n) is 7.97. The monoisotopic (exact) mass is 329 g/mol. The molecule has 2 N–H and O–H groups in total. The highest BCUT2D eigenvalue weighted by molar-refractivity contribution is 7.16. The molecule has 2 aromatic rings. The number of rotatable bonds is 3. The quantitative estimate of drug-likeness (QED) is 0.907. The molecule has 120 valence electrons. The molecule has 0 unspecified atom stereocenters. The molecular formula is C17H19N3O2S. The minimum absolute atomic E-state index is 0.0346. The predicted molar refractivity (Wildman–Crippen MR) is 89.6 cm³/mol. The van der Waals surface area contributed by atoms with Crippen LogP contribution in [-0.2, 0) is 0 Å². The highest BCUT2D eigenvalue weighted by Crippen LogP contribution is 2.29. The van der Waals surface area contributed by atoms with Crippen LogP contribution in [0.15, 0.2) is 30.5 Å². The van der Waals surface area contributed by atoms with E-state index in [0.29, 0.717) is 10.8 Å². The van der Waals surface area contributed by atoms with E-state index in [2.05, 4.69) is 15.2 Å². The average Bonchev–Trinajstić information content (AvgIpc) is 3.06. The van der Waals surface area contributed by atoms with Gasteiger partial charge in [0.05, 0.1) is 6.20 Å². The lowest BCUT2D eigenvalue weighted by atomic mass is 9.84. The standard InChI is InChI=1S/C17H19N3O2S/c21-13-3-1-2-12(8-13)17-18-9-15(23-17)16(22)19-14-10-20-6-4-11(14)5-7-20/h1-3,8-9,11,14,21H,4-7,10H2,(H,19,22)/t14-/m0/s1. The number of carbonyl (C=O) groups is 1. The first-order valence-corrected chi connectivity index (χ1v) is 8.79. The van der Waals surface area contributed by atoms with Crippen molar-refractivity contribution in [2.45, 2.75) is 18.9 Å². The molecule has 0 saturated carbocycles. The Morgan fingerprint density at radius 3 is 2.87 bits per heavy atom. The minimum Gasteiger partial charge on any atom is -0.508 e. The van der Waals surface area contributed by atoms with E-state index < -0.39 is 0 Å².